The summed E-state index contributed by atoms with van der Waals surface area (Å²) in [6, 6.07) is 5.43. The van der Waals surface area contributed by atoms with Crippen LogP contribution >= 0.6 is 0 Å². The molecule has 0 aliphatic carbocycles. The highest BCUT2D eigenvalue weighted by Crippen LogP contribution is 2.29. The normalized spacial score (nSPS) is 12.5. The lowest BCUT2D eigenvalue weighted by molar-refractivity contribution is 0.146. The van der Waals surface area contributed by atoms with Crippen molar-refractivity contribution in [3.8, 4) is 11.1 Å². The van der Waals surface area contributed by atoms with Crippen molar-refractivity contribution in [2.75, 3.05) is 0 Å². The Kier molecular flexibility index (Phi) is 5.11. The third-order valence-corrected chi connectivity index (χ3v) is 4.03. The van der Waals surface area contributed by atoms with Crippen LogP contribution in [0.2, 0.25) is 0 Å². The van der Waals surface area contributed by atoms with Gasteiger partial charge in [-0.05, 0) is 30.2 Å². The molecule has 4 nitrogen and oxygen atoms in total. The van der Waals surface area contributed by atoms with Crippen LogP contribution in [0.3, 0.4) is 0 Å². The minimum absolute atomic E-state index is 0.0463. The molecule has 0 bridgehead atoms. The fourth-order valence-electron chi connectivity index (χ4n) is 2.77. The van der Waals surface area contributed by atoms with Gasteiger partial charge in [0.1, 0.15) is 5.82 Å². The molecule has 3 rings (SSSR count). The van der Waals surface area contributed by atoms with Crippen molar-refractivity contribution in [2.24, 2.45) is 0 Å². The van der Waals surface area contributed by atoms with E-state index in [1.54, 1.807) is 18.6 Å². The molecule has 1 aromatic carbocycles. The lowest BCUT2D eigenvalue weighted by Gasteiger charge is -2.17. The van der Waals surface area contributed by atoms with Crippen molar-refractivity contribution < 1.29 is 13.2 Å². The van der Waals surface area contributed by atoms with Crippen molar-refractivity contribution in [3.63, 3.8) is 0 Å². The van der Waals surface area contributed by atoms with Gasteiger partial charge in [-0.2, -0.15) is 10.2 Å². The van der Waals surface area contributed by atoms with Gasteiger partial charge in [0, 0.05) is 18.0 Å². The maximum Gasteiger partial charge on any atom is 0.266 e. The summed E-state index contributed by atoms with van der Waals surface area (Å²) in [6.07, 6.45) is 5.63. The third kappa shape index (κ3) is 3.70. The molecular formula is C18H17F3N4. The van der Waals surface area contributed by atoms with Gasteiger partial charge in [0.2, 0.25) is 0 Å². The molecule has 1 atom stereocenters. The Hall–Kier alpha value is -2.70. The Labute approximate surface area is 143 Å². The van der Waals surface area contributed by atoms with Crippen LogP contribution in [0.25, 0.3) is 11.1 Å². The number of hydrogen-bond donors (Lipinski definition) is 0. The van der Waals surface area contributed by atoms with Crippen molar-refractivity contribution >= 4 is 0 Å². The van der Waals surface area contributed by atoms with Crippen LogP contribution in [-0.4, -0.2) is 19.7 Å². The molecule has 0 fully saturated rings. The molecule has 0 saturated carbocycles. The van der Waals surface area contributed by atoms with E-state index in [1.165, 1.54) is 12.3 Å². The molecule has 0 aliphatic heterocycles. The van der Waals surface area contributed by atoms with Gasteiger partial charge in [0.05, 0.1) is 29.8 Å². The Morgan fingerprint density at radius 3 is 2.68 bits per heavy atom. The third-order valence-electron chi connectivity index (χ3n) is 4.03. The molecule has 2 aromatic heterocycles. The number of rotatable bonds is 6. The number of aromatic nitrogens is 4. The zero-order chi connectivity index (χ0) is 17.8. The van der Waals surface area contributed by atoms with Crippen LogP contribution < -0.4 is 0 Å². The molecule has 0 amide bonds. The lowest BCUT2D eigenvalue weighted by Crippen LogP contribution is -2.11. The number of benzene rings is 1. The summed E-state index contributed by atoms with van der Waals surface area (Å²) in [4.78, 5) is 4.06. The number of halogens is 3. The largest absolute Gasteiger partial charge is 0.328 e. The smallest absolute Gasteiger partial charge is 0.266 e. The van der Waals surface area contributed by atoms with Crippen LogP contribution in [0.15, 0.2) is 49.2 Å². The Balaban J connectivity index is 2.00. The van der Waals surface area contributed by atoms with Gasteiger partial charge >= 0.3 is 0 Å². The number of nitrogens with zero attached hydrogens (tertiary/aromatic N) is 4. The Morgan fingerprint density at radius 2 is 2.00 bits per heavy atom. The van der Waals surface area contributed by atoms with Crippen molar-refractivity contribution in [1.82, 2.24) is 19.7 Å². The first kappa shape index (κ1) is 17.1. The van der Waals surface area contributed by atoms with Crippen LogP contribution in [0.4, 0.5) is 13.2 Å². The van der Waals surface area contributed by atoms with E-state index < -0.39 is 17.8 Å². The van der Waals surface area contributed by atoms with Gasteiger partial charge in [-0.3, -0.25) is 0 Å². The maximum atomic E-state index is 13.5. The molecule has 0 N–H and O–H groups in total. The fraction of sp³-hybridized carbons (Fsp3) is 0.278. The summed E-state index contributed by atoms with van der Waals surface area (Å²) in [7, 11) is 0. The summed E-state index contributed by atoms with van der Waals surface area (Å²) in [6.45, 7) is 2.07. The van der Waals surface area contributed by atoms with E-state index in [4.69, 9.17) is 0 Å². The summed E-state index contributed by atoms with van der Waals surface area (Å²) in [5.74, 6) is -0.914. The second-order valence-electron chi connectivity index (χ2n) is 5.72. The second kappa shape index (κ2) is 7.46. The summed E-state index contributed by atoms with van der Waals surface area (Å²) in [5, 5.41) is 8.20. The Bertz CT molecular complexity index is 834. The summed E-state index contributed by atoms with van der Waals surface area (Å²) in [5.41, 5.74) is 1.19. The summed E-state index contributed by atoms with van der Waals surface area (Å²) >= 11 is 0. The van der Waals surface area contributed by atoms with Crippen LogP contribution in [0.5, 0.6) is 0 Å². The molecule has 7 heteroatoms. The van der Waals surface area contributed by atoms with E-state index in [0.717, 1.165) is 25.0 Å². The predicted octanol–water partition coefficient (Wildman–Crippen LogP) is 4.81. The molecule has 3 aromatic rings. The van der Waals surface area contributed by atoms with Crippen LogP contribution in [-0.2, 0) is 0 Å². The highest BCUT2D eigenvalue weighted by atomic mass is 19.3. The molecule has 1 unspecified atom stereocenters. The van der Waals surface area contributed by atoms with E-state index in [9.17, 15) is 13.2 Å². The average molecular weight is 346 g/mol. The molecule has 0 saturated heterocycles. The molecular weight excluding hydrogens is 329 g/mol. The van der Waals surface area contributed by atoms with E-state index in [-0.39, 0.29) is 6.04 Å². The van der Waals surface area contributed by atoms with E-state index in [1.807, 2.05) is 10.8 Å². The number of hydrogen-bond acceptors (Lipinski definition) is 3. The standard InChI is InChI=1S/C18H17F3N4/c1-2-3-17(25-7-6-22-11-25)16-9-13(10-23-24-16)12-4-5-15(19)14(8-12)18(20)21/h4-11,17-18H,2-3H2,1H3. The summed E-state index contributed by atoms with van der Waals surface area (Å²) < 4.78 is 41.3. The predicted molar refractivity (Wildman–Crippen MR) is 87.7 cm³/mol. The van der Waals surface area contributed by atoms with Gasteiger partial charge in [-0.25, -0.2) is 18.2 Å². The average Bonchev–Trinajstić information content (AvgIpc) is 3.14. The second-order valence-corrected chi connectivity index (χ2v) is 5.72. The van der Waals surface area contributed by atoms with Gasteiger partial charge in [-0.1, -0.05) is 19.4 Å². The first-order chi connectivity index (χ1) is 12.1. The first-order valence-corrected chi connectivity index (χ1v) is 7.98. The van der Waals surface area contributed by atoms with E-state index in [0.29, 0.717) is 16.8 Å². The molecule has 0 aliphatic rings. The highest BCUT2D eigenvalue weighted by Gasteiger charge is 2.17. The number of imidazole rings is 1. The maximum absolute atomic E-state index is 13.5. The van der Waals surface area contributed by atoms with Crippen molar-refractivity contribution in [2.45, 2.75) is 32.2 Å². The van der Waals surface area contributed by atoms with Crippen LogP contribution in [0, 0.1) is 5.82 Å². The van der Waals surface area contributed by atoms with Crippen molar-refractivity contribution in [3.05, 3.63) is 66.3 Å². The fourth-order valence-corrected chi connectivity index (χ4v) is 2.77. The van der Waals surface area contributed by atoms with Crippen LogP contribution in [0.1, 0.15) is 43.5 Å². The van der Waals surface area contributed by atoms with Crippen molar-refractivity contribution in [1.29, 1.82) is 0 Å². The van der Waals surface area contributed by atoms with E-state index in [2.05, 4.69) is 22.1 Å². The quantitative estimate of drug-likeness (QED) is 0.643. The van der Waals surface area contributed by atoms with Gasteiger partial charge in [0.25, 0.3) is 6.43 Å². The zero-order valence-electron chi connectivity index (χ0n) is 13.6. The zero-order valence-corrected chi connectivity index (χ0v) is 13.6. The highest BCUT2D eigenvalue weighted by molar-refractivity contribution is 5.63. The van der Waals surface area contributed by atoms with Gasteiger partial charge < -0.3 is 4.57 Å². The SMILES string of the molecule is CCCC(c1cc(-c2ccc(F)c(C(F)F)c2)cnn1)n1ccnc1. The monoisotopic (exact) mass is 346 g/mol. The minimum atomic E-state index is -2.87. The molecule has 0 radical (unpaired) electrons. The lowest BCUT2D eigenvalue weighted by atomic mass is 10.0. The first-order valence-electron chi connectivity index (χ1n) is 7.98. The number of alkyl halides is 2. The molecule has 2 heterocycles. The Morgan fingerprint density at radius 1 is 1.16 bits per heavy atom. The molecule has 130 valence electrons. The molecule has 25 heavy (non-hydrogen) atoms. The topological polar surface area (TPSA) is 43.6 Å². The minimum Gasteiger partial charge on any atom is -0.328 e. The molecule has 0 spiro atoms. The van der Waals surface area contributed by atoms with Gasteiger partial charge in [0.15, 0.2) is 0 Å². The van der Waals surface area contributed by atoms with Gasteiger partial charge in [-0.15, -0.1) is 0 Å². The van der Waals surface area contributed by atoms with E-state index >= 15 is 0 Å².